The van der Waals surface area contributed by atoms with Crippen molar-refractivity contribution in [1.82, 2.24) is 4.98 Å². The molecule has 6 nitrogen and oxygen atoms in total. The van der Waals surface area contributed by atoms with Crippen molar-refractivity contribution in [3.8, 4) is 5.75 Å². The van der Waals surface area contributed by atoms with Crippen LogP contribution in [0.3, 0.4) is 0 Å². The summed E-state index contributed by atoms with van der Waals surface area (Å²) in [5.41, 5.74) is 3.76. The maximum absolute atomic E-state index is 13.7. The summed E-state index contributed by atoms with van der Waals surface area (Å²) in [6.07, 6.45) is 1.37. The zero-order valence-corrected chi connectivity index (χ0v) is 11.6. The summed E-state index contributed by atoms with van der Waals surface area (Å²) in [5.74, 6) is 4.72. The third kappa shape index (κ3) is 3.26. The highest BCUT2D eigenvalue weighted by Crippen LogP contribution is 2.23. The Hall–Kier alpha value is -2.67. The number of aromatic nitrogens is 1. The van der Waals surface area contributed by atoms with Gasteiger partial charge < -0.3 is 15.5 Å². The topological polar surface area (TPSA) is 89.3 Å². The van der Waals surface area contributed by atoms with Gasteiger partial charge in [0.05, 0.1) is 24.0 Å². The van der Waals surface area contributed by atoms with Crippen LogP contribution >= 0.6 is 0 Å². The summed E-state index contributed by atoms with van der Waals surface area (Å²) in [6.45, 7) is 1.77. The quantitative estimate of drug-likeness (QED) is 0.592. The van der Waals surface area contributed by atoms with Gasteiger partial charge in [-0.05, 0) is 25.1 Å². The second kappa shape index (κ2) is 6.19. The van der Waals surface area contributed by atoms with Gasteiger partial charge in [-0.1, -0.05) is 0 Å². The van der Waals surface area contributed by atoms with E-state index in [1.807, 2.05) is 0 Å². The molecule has 21 heavy (non-hydrogen) atoms. The number of anilines is 2. The number of aryl methyl sites for hydroxylation is 1. The molecule has 0 radical (unpaired) electrons. The number of carbonyl (C=O) groups is 1. The van der Waals surface area contributed by atoms with Crippen LogP contribution in [0.4, 0.5) is 15.8 Å². The molecular weight excluding hydrogens is 275 g/mol. The van der Waals surface area contributed by atoms with Gasteiger partial charge in [0, 0.05) is 18.0 Å². The SMILES string of the molecule is COc1ccc(F)c(NC(=O)c2cnc(C)cc2NN)c1. The van der Waals surface area contributed by atoms with E-state index in [9.17, 15) is 9.18 Å². The second-order valence-electron chi connectivity index (χ2n) is 4.32. The van der Waals surface area contributed by atoms with E-state index < -0.39 is 11.7 Å². The van der Waals surface area contributed by atoms with E-state index >= 15 is 0 Å². The van der Waals surface area contributed by atoms with Crippen LogP contribution in [-0.2, 0) is 0 Å². The number of carbonyl (C=O) groups excluding carboxylic acids is 1. The monoisotopic (exact) mass is 290 g/mol. The van der Waals surface area contributed by atoms with E-state index in [0.29, 0.717) is 17.1 Å². The Morgan fingerprint density at radius 2 is 2.10 bits per heavy atom. The minimum absolute atomic E-state index is 0.0166. The Morgan fingerprint density at radius 3 is 2.76 bits per heavy atom. The molecular formula is C14H15FN4O2. The molecule has 2 rings (SSSR count). The molecule has 0 aliphatic rings. The third-order valence-electron chi connectivity index (χ3n) is 2.86. The first-order chi connectivity index (χ1) is 10.0. The molecule has 0 saturated heterocycles. The van der Waals surface area contributed by atoms with E-state index in [-0.39, 0.29) is 11.3 Å². The lowest BCUT2D eigenvalue weighted by atomic mass is 10.2. The van der Waals surface area contributed by atoms with Gasteiger partial charge in [-0.2, -0.15) is 0 Å². The Balaban J connectivity index is 2.30. The number of nitrogens with one attached hydrogen (secondary N) is 2. The zero-order chi connectivity index (χ0) is 15.4. The van der Waals surface area contributed by atoms with Crippen molar-refractivity contribution in [2.24, 2.45) is 5.84 Å². The van der Waals surface area contributed by atoms with E-state index in [2.05, 4.69) is 15.7 Å². The van der Waals surface area contributed by atoms with Gasteiger partial charge in [-0.25, -0.2) is 4.39 Å². The highest BCUT2D eigenvalue weighted by molar-refractivity contribution is 6.07. The third-order valence-corrected chi connectivity index (χ3v) is 2.86. The number of hydrogen-bond acceptors (Lipinski definition) is 5. The number of methoxy groups -OCH3 is 1. The molecule has 0 aliphatic carbocycles. The van der Waals surface area contributed by atoms with Crippen molar-refractivity contribution in [3.63, 3.8) is 0 Å². The lowest BCUT2D eigenvalue weighted by Crippen LogP contribution is -2.18. The van der Waals surface area contributed by atoms with Crippen LogP contribution in [0.2, 0.25) is 0 Å². The molecule has 1 aromatic heterocycles. The Bertz CT molecular complexity index is 676. The highest BCUT2D eigenvalue weighted by atomic mass is 19.1. The average Bonchev–Trinajstić information content (AvgIpc) is 2.49. The molecule has 0 fully saturated rings. The lowest BCUT2D eigenvalue weighted by molar-refractivity contribution is 0.102. The van der Waals surface area contributed by atoms with Crippen LogP contribution in [0.25, 0.3) is 0 Å². The predicted octanol–water partition coefficient (Wildman–Crippen LogP) is 2.08. The maximum Gasteiger partial charge on any atom is 0.259 e. The summed E-state index contributed by atoms with van der Waals surface area (Å²) in [7, 11) is 1.46. The first kappa shape index (κ1) is 14.7. The van der Waals surface area contributed by atoms with Gasteiger partial charge >= 0.3 is 0 Å². The fourth-order valence-electron chi connectivity index (χ4n) is 1.78. The molecule has 1 aromatic carbocycles. The Morgan fingerprint density at radius 1 is 1.33 bits per heavy atom. The molecule has 0 saturated carbocycles. The summed E-state index contributed by atoms with van der Waals surface area (Å²) in [6, 6.07) is 5.69. The summed E-state index contributed by atoms with van der Waals surface area (Å²) in [4.78, 5) is 16.2. The first-order valence-electron chi connectivity index (χ1n) is 6.13. The number of pyridine rings is 1. The molecule has 7 heteroatoms. The minimum atomic E-state index is -0.563. The molecule has 0 unspecified atom stereocenters. The van der Waals surface area contributed by atoms with E-state index in [1.54, 1.807) is 13.0 Å². The normalized spacial score (nSPS) is 10.1. The Labute approximate surface area is 121 Å². The first-order valence-corrected chi connectivity index (χ1v) is 6.13. The number of amides is 1. The number of nitrogens with two attached hydrogens (primary N) is 1. The minimum Gasteiger partial charge on any atom is -0.497 e. The lowest BCUT2D eigenvalue weighted by Gasteiger charge is -2.11. The van der Waals surface area contributed by atoms with Crippen molar-refractivity contribution in [1.29, 1.82) is 0 Å². The molecule has 110 valence electrons. The molecule has 0 spiro atoms. The Kier molecular flexibility index (Phi) is 4.34. The molecule has 0 atom stereocenters. The number of rotatable bonds is 4. The molecule has 4 N–H and O–H groups in total. The molecule has 0 aliphatic heterocycles. The van der Waals surface area contributed by atoms with Crippen molar-refractivity contribution in [2.75, 3.05) is 17.9 Å². The summed E-state index contributed by atoms with van der Waals surface area (Å²) < 4.78 is 18.7. The van der Waals surface area contributed by atoms with Crippen LogP contribution < -0.4 is 21.3 Å². The van der Waals surface area contributed by atoms with E-state index in [1.165, 1.54) is 31.5 Å². The van der Waals surface area contributed by atoms with Crippen LogP contribution in [0, 0.1) is 12.7 Å². The molecule has 1 heterocycles. The standard InChI is InChI=1S/C14H15FN4O2/c1-8-5-12(19-16)10(7-17-8)14(20)18-13-6-9(21-2)3-4-11(13)15/h3-7H,16H2,1-2H3,(H,17,19)(H,18,20). The van der Waals surface area contributed by atoms with Crippen molar-refractivity contribution in [2.45, 2.75) is 6.92 Å². The predicted molar refractivity (Wildman–Crippen MR) is 77.7 cm³/mol. The van der Waals surface area contributed by atoms with Gasteiger partial charge in [0.2, 0.25) is 0 Å². The van der Waals surface area contributed by atoms with Gasteiger partial charge in [0.15, 0.2) is 0 Å². The van der Waals surface area contributed by atoms with Gasteiger partial charge in [-0.3, -0.25) is 15.6 Å². The number of hydrogen-bond donors (Lipinski definition) is 3. The average molecular weight is 290 g/mol. The fraction of sp³-hybridized carbons (Fsp3) is 0.143. The van der Waals surface area contributed by atoms with Crippen LogP contribution in [0.15, 0.2) is 30.5 Å². The number of hydrazine groups is 1. The maximum atomic E-state index is 13.7. The number of nitrogen functional groups attached to an aromatic ring is 1. The molecule has 2 aromatic rings. The van der Waals surface area contributed by atoms with Gasteiger partial charge in [0.25, 0.3) is 5.91 Å². The zero-order valence-electron chi connectivity index (χ0n) is 11.6. The molecule has 1 amide bonds. The van der Waals surface area contributed by atoms with Crippen molar-refractivity contribution < 1.29 is 13.9 Å². The highest BCUT2D eigenvalue weighted by Gasteiger charge is 2.14. The van der Waals surface area contributed by atoms with E-state index in [0.717, 1.165) is 0 Å². The van der Waals surface area contributed by atoms with Crippen LogP contribution in [0.5, 0.6) is 5.75 Å². The number of halogens is 1. The smallest absolute Gasteiger partial charge is 0.259 e. The number of benzene rings is 1. The van der Waals surface area contributed by atoms with Crippen LogP contribution in [0.1, 0.15) is 16.1 Å². The van der Waals surface area contributed by atoms with Gasteiger partial charge in [-0.15, -0.1) is 0 Å². The number of ether oxygens (including phenoxy) is 1. The van der Waals surface area contributed by atoms with Crippen molar-refractivity contribution in [3.05, 3.63) is 47.5 Å². The summed E-state index contributed by atoms with van der Waals surface area (Å²) >= 11 is 0. The summed E-state index contributed by atoms with van der Waals surface area (Å²) in [5, 5.41) is 2.47. The van der Waals surface area contributed by atoms with E-state index in [4.69, 9.17) is 10.6 Å². The second-order valence-corrected chi connectivity index (χ2v) is 4.32. The fourth-order valence-corrected chi connectivity index (χ4v) is 1.78. The van der Waals surface area contributed by atoms with Crippen LogP contribution in [-0.4, -0.2) is 18.0 Å². The number of nitrogens with zero attached hydrogens (tertiary/aromatic N) is 1. The van der Waals surface area contributed by atoms with Crippen molar-refractivity contribution >= 4 is 17.3 Å². The largest absolute Gasteiger partial charge is 0.497 e. The molecule has 0 bridgehead atoms. The van der Waals surface area contributed by atoms with Gasteiger partial charge in [0.1, 0.15) is 11.6 Å².